The molecule has 0 radical (unpaired) electrons. The highest BCUT2D eigenvalue weighted by atomic mass is 14.8. The van der Waals surface area contributed by atoms with Crippen LogP contribution in [0.4, 0.5) is 0 Å². The summed E-state index contributed by atoms with van der Waals surface area (Å²) in [7, 11) is 0. The van der Waals surface area contributed by atoms with Crippen molar-refractivity contribution >= 4 is 0 Å². The number of hydrogen-bond acceptors (Lipinski definition) is 2. The molecular formula is C18H28N2. The summed E-state index contributed by atoms with van der Waals surface area (Å²) in [5.41, 5.74) is 1.94. The molecule has 0 atom stereocenters. The lowest BCUT2D eigenvalue weighted by Crippen LogP contribution is -2.14. The Kier molecular flexibility index (Phi) is 9.61. The summed E-state index contributed by atoms with van der Waals surface area (Å²) in [5.74, 6) is 0. The van der Waals surface area contributed by atoms with Gasteiger partial charge in [-0.25, -0.2) is 0 Å². The number of unbranched alkanes of at least 4 members (excludes halogenated alkanes) is 7. The van der Waals surface area contributed by atoms with Crippen LogP contribution in [0.2, 0.25) is 0 Å². The quantitative estimate of drug-likeness (QED) is 0.588. The highest BCUT2D eigenvalue weighted by molar-refractivity contribution is 5.32. The molecule has 0 saturated carbocycles. The number of benzene rings is 1. The van der Waals surface area contributed by atoms with Crippen LogP contribution < -0.4 is 5.32 Å². The van der Waals surface area contributed by atoms with Crippen molar-refractivity contribution in [1.29, 1.82) is 5.26 Å². The molecule has 2 heteroatoms. The van der Waals surface area contributed by atoms with E-state index in [0.717, 1.165) is 18.7 Å². The molecule has 1 aromatic rings. The Bertz CT molecular complexity index is 393. The molecule has 2 nitrogen and oxygen atoms in total. The van der Waals surface area contributed by atoms with E-state index in [1.54, 1.807) is 0 Å². The van der Waals surface area contributed by atoms with Crippen molar-refractivity contribution in [3.05, 3.63) is 35.4 Å². The first-order valence-electron chi connectivity index (χ1n) is 8.06. The van der Waals surface area contributed by atoms with Gasteiger partial charge in [-0.15, -0.1) is 0 Å². The summed E-state index contributed by atoms with van der Waals surface area (Å²) in [6, 6.07) is 10.0. The Hall–Kier alpha value is -1.33. The van der Waals surface area contributed by atoms with Crippen LogP contribution in [0.5, 0.6) is 0 Å². The van der Waals surface area contributed by atoms with Gasteiger partial charge in [0.15, 0.2) is 0 Å². The lowest BCUT2D eigenvalue weighted by molar-refractivity contribution is 0.555. The second kappa shape index (κ2) is 11.5. The molecule has 1 N–H and O–H groups in total. The SMILES string of the molecule is CCCCCCCCCCNCc1cccc(C#N)c1. The van der Waals surface area contributed by atoms with Gasteiger partial charge in [0.05, 0.1) is 11.6 Å². The van der Waals surface area contributed by atoms with E-state index in [9.17, 15) is 0 Å². The molecular weight excluding hydrogens is 244 g/mol. The molecule has 1 rings (SSSR count). The highest BCUT2D eigenvalue weighted by Crippen LogP contribution is 2.08. The molecule has 0 unspecified atom stereocenters. The number of nitriles is 1. The van der Waals surface area contributed by atoms with Crippen molar-refractivity contribution in [2.24, 2.45) is 0 Å². The van der Waals surface area contributed by atoms with Crippen LogP contribution in [0.25, 0.3) is 0 Å². The summed E-state index contributed by atoms with van der Waals surface area (Å²) in [6.45, 7) is 4.20. The van der Waals surface area contributed by atoms with Crippen molar-refractivity contribution in [1.82, 2.24) is 5.32 Å². The van der Waals surface area contributed by atoms with Gasteiger partial charge in [-0.2, -0.15) is 5.26 Å². The van der Waals surface area contributed by atoms with Crippen molar-refractivity contribution in [2.75, 3.05) is 6.54 Å². The van der Waals surface area contributed by atoms with Gasteiger partial charge < -0.3 is 5.32 Å². The zero-order valence-electron chi connectivity index (χ0n) is 12.8. The standard InChI is InChI=1S/C18H28N2/c1-2-3-4-5-6-7-8-9-13-20-16-18-12-10-11-17(14-18)15-19/h10-12,14,20H,2-9,13,16H2,1H3. The molecule has 110 valence electrons. The first kappa shape index (κ1) is 16.7. The Labute approximate surface area is 124 Å². The summed E-state index contributed by atoms with van der Waals surface area (Å²) in [5, 5.41) is 12.3. The second-order valence-corrected chi connectivity index (χ2v) is 5.46. The fourth-order valence-electron chi connectivity index (χ4n) is 2.37. The molecule has 0 amide bonds. The molecule has 0 heterocycles. The van der Waals surface area contributed by atoms with Crippen LogP contribution in [-0.2, 0) is 6.54 Å². The van der Waals surface area contributed by atoms with Gasteiger partial charge in [0.2, 0.25) is 0 Å². The van der Waals surface area contributed by atoms with E-state index in [2.05, 4.69) is 24.4 Å². The van der Waals surface area contributed by atoms with Crippen LogP contribution in [0.15, 0.2) is 24.3 Å². The lowest BCUT2D eigenvalue weighted by Gasteiger charge is -2.05. The predicted octanol–water partition coefficient (Wildman–Crippen LogP) is 4.79. The van der Waals surface area contributed by atoms with Crippen LogP contribution in [0, 0.1) is 11.3 Å². The smallest absolute Gasteiger partial charge is 0.0991 e. The van der Waals surface area contributed by atoms with Crippen molar-refractivity contribution in [3.63, 3.8) is 0 Å². The monoisotopic (exact) mass is 272 g/mol. The third-order valence-corrected chi connectivity index (χ3v) is 3.59. The number of nitrogens with one attached hydrogen (secondary N) is 1. The van der Waals surface area contributed by atoms with E-state index in [1.165, 1.54) is 56.9 Å². The maximum absolute atomic E-state index is 8.84. The van der Waals surface area contributed by atoms with E-state index in [4.69, 9.17) is 5.26 Å². The van der Waals surface area contributed by atoms with Gasteiger partial charge in [0.1, 0.15) is 0 Å². The number of hydrogen-bond donors (Lipinski definition) is 1. The minimum atomic E-state index is 0.747. The fourth-order valence-corrected chi connectivity index (χ4v) is 2.37. The van der Waals surface area contributed by atoms with Gasteiger partial charge in [0, 0.05) is 6.54 Å². The molecule has 0 aliphatic rings. The van der Waals surface area contributed by atoms with Gasteiger partial charge in [-0.1, -0.05) is 64.0 Å². The Morgan fingerprint density at radius 3 is 2.40 bits per heavy atom. The minimum absolute atomic E-state index is 0.747. The lowest BCUT2D eigenvalue weighted by atomic mass is 10.1. The van der Waals surface area contributed by atoms with Gasteiger partial charge in [-0.3, -0.25) is 0 Å². The third kappa shape index (κ3) is 7.96. The second-order valence-electron chi connectivity index (χ2n) is 5.46. The van der Waals surface area contributed by atoms with Crippen LogP contribution in [0.3, 0.4) is 0 Å². The Morgan fingerprint density at radius 1 is 1.00 bits per heavy atom. The van der Waals surface area contributed by atoms with E-state index in [0.29, 0.717) is 0 Å². The number of rotatable bonds is 11. The minimum Gasteiger partial charge on any atom is -0.313 e. The van der Waals surface area contributed by atoms with Crippen molar-refractivity contribution in [3.8, 4) is 6.07 Å². The highest BCUT2D eigenvalue weighted by Gasteiger charge is 1.95. The first-order valence-corrected chi connectivity index (χ1v) is 8.06. The first-order chi connectivity index (χ1) is 9.86. The Morgan fingerprint density at radius 2 is 1.70 bits per heavy atom. The van der Waals surface area contributed by atoms with E-state index in [-0.39, 0.29) is 0 Å². The molecule has 0 spiro atoms. The van der Waals surface area contributed by atoms with Gasteiger partial charge >= 0.3 is 0 Å². The molecule has 1 aromatic carbocycles. The van der Waals surface area contributed by atoms with Crippen molar-refractivity contribution < 1.29 is 0 Å². The maximum Gasteiger partial charge on any atom is 0.0991 e. The fraction of sp³-hybridized carbons (Fsp3) is 0.611. The summed E-state index contributed by atoms with van der Waals surface area (Å²) in [4.78, 5) is 0. The van der Waals surface area contributed by atoms with Gasteiger partial charge in [0.25, 0.3) is 0 Å². The molecule has 0 aliphatic carbocycles. The van der Waals surface area contributed by atoms with E-state index in [1.807, 2.05) is 18.2 Å². The summed E-state index contributed by atoms with van der Waals surface area (Å²) in [6.07, 6.45) is 10.9. The molecule has 0 fully saturated rings. The van der Waals surface area contributed by atoms with Crippen LogP contribution >= 0.6 is 0 Å². The Balaban J connectivity index is 1.95. The average Bonchev–Trinajstić information content (AvgIpc) is 2.49. The van der Waals surface area contributed by atoms with E-state index >= 15 is 0 Å². The van der Waals surface area contributed by atoms with E-state index < -0.39 is 0 Å². The third-order valence-electron chi connectivity index (χ3n) is 3.59. The molecule has 0 saturated heterocycles. The van der Waals surface area contributed by atoms with Crippen molar-refractivity contribution in [2.45, 2.75) is 64.8 Å². The topological polar surface area (TPSA) is 35.8 Å². The largest absolute Gasteiger partial charge is 0.313 e. The van der Waals surface area contributed by atoms with Crippen LogP contribution in [0.1, 0.15) is 69.4 Å². The van der Waals surface area contributed by atoms with Gasteiger partial charge in [-0.05, 0) is 30.7 Å². The zero-order chi connectivity index (χ0) is 14.5. The normalized spacial score (nSPS) is 10.4. The molecule has 0 aromatic heterocycles. The van der Waals surface area contributed by atoms with Crippen LogP contribution in [-0.4, -0.2) is 6.54 Å². The summed E-state index contributed by atoms with van der Waals surface area (Å²) >= 11 is 0. The molecule has 0 aliphatic heterocycles. The summed E-state index contributed by atoms with van der Waals surface area (Å²) < 4.78 is 0. The number of nitrogens with zero attached hydrogens (tertiary/aromatic N) is 1. The molecule has 0 bridgehead atoms. The maximum atomic E-state index is 8.84. The zero-order valence-corrected chi connectivity index (χ0v) is 12.8. The average molecular weight is 272 g/mol. The predicted molar refractivity (Wildman–Crippen MR) is 85.5 cm³/mol. The molecule has 20 heavy (non-hydrogen) atoms.